The second-order valence-corrected chi connectivity index (χ2v) is 11.9. The van der Waals surface area contributed by atoms with Crippen molar-refractivity contribution in [3.05, 3.63) is 58.1 Å². The number of rotatable bonds is 9. The summed E-state index contributed by atoms with van der Waals surface area (Å²) < 4.78 is 31.3. The average molecular weight is 545 g/mol. The van der Waals surface area contributed by atoms with Gasteiger partial charge in [-0.3, -0.25) is 13.9 Å². The number of benzene rings is 2. The van der Waals surface area contributed by atoms with Gasteiger partial charge in [-0.1, -0.05) is 35.3 Å². The van der Waals surface area contributed by atoms with E-state index in [4.69, 9.17) is 27.9 Å². The van der Waals surface area contributed by atoms with Crippen LogP contribution in [0.15, 0.2) is 42.5 Å². The second-order valence-electron chi connectivity index (χ2n) is 9.15. The molecule has 0 unspecified atom stereocenters. The highest BCUT2D eigenvalue weighted by atomic mass is 35.5. The molecule has 0 heterocycles. The zero-order valence-corrected chi connectivity index (χ0v) is 23.0. The van der Waals surface area contributed by atoms with Gasteiger partial charge in [-0.25, -0.2) is 8.42 Å². The summed E-state index contributed by atoms with van der Waals surface area (Å²) in [4.78, 5) is 27.8. The number of nitrogens with zero attached hydrogens (tertiary/aromatic N) is 2. The molecule has 0 bridgehead atoms. The number of sulfonamides is 1. The summed E-state index contributed by atoms with van der Waals surface area (Å²) in [6.45, 7) is 6.60. The molecule has 0 saturated heterocycles. The summed E-state index contributed by atoms with van der Waals surface area (Å²) in [6, 6.07) is 10.5. The van der Waals surface area contributed by atoms with E-state index in [1.807, 2.05) is 20.8 Å². The van der Waals surface area contributed by atoms with Crippen LogP contribution < -0.4 is 14.4 Å². The van der Waals surface area contributed by atoms with E-state index in [1.54, 1.807) is 38.3 Å². The maximum Gasteiger partial charge on any atom is 0.244 e. The fourth-order valence-electron chi connectivity index (χ4n) is 3.26. The minimum absolute atomic E-state index is 0.0719. The lowest BCUT2D eigenvalue weighted by atomic mass is 10.1. The first kappa shape index (κ1) is 28.7. The minimum atomic E-state index is -3.92. The molecule has 2 aromatic carbocycles. The minimum Gasteiger partial charge on any atom is -0.497 e. The molecule has 2 amide bonds. The number of anilines is 1. The Labute approximate surface area is 217 Å². The number of halogens is 2. The van der Waals surface area contributed by atoms with Crippen molar-refractivity contribution in [1.29, 1.82) is 0 Å². The molecule has 2 rings (SSSR count). The quantitative estimate of drug-likeness (QED) is 0.513. The molecule has 0 radical (unpaired) electrons. The number of ether oxygens (including phenoxy) is 1. The number of carbonyl (C=O) groups excluding carboxylic acids is 2. The largest absolute Gasteiger partial charge is 0.497 e. The summed E-state index contributed by atoms with van der Waals surface area (Å²) in [5.74, 6) is -0.311. The number of hydrogen-bond acceptors (Lipinski definition) is 5. The van der Waals surface area contributed by atoms with E-state index in [0.29, 0.717) is 5.75 Å². The number of hydrogen-bond donors (Lipinski definition) is 1. The Kier molecular flexibility index (Phi) is 9.44. The third-order valence-electron chi connectivity index (χ3n) is 5.03. The highest BCUT2D eigenvalue weighted by Gasteiger charge is 2.32. The average Bonchev–Trinajstić information content (AvgIpc) is 2.75. The Morgan fingerprint density at radius 3 is 2.20 bits per heavy atom. The van der Waals surface area contributed by atoms with E-state index < -0.39 is 34.1 Å². The highest BCUT2D eigenvalue weighted by molar-refractivity contribution is 7.92. The van der Waals surface area contributed by atoms with E-state index in [0.717, 1.165) is 16.1 Å². The van der Waals surface area contributed by atoms with Gasteiger partial charge >= 0.3 is 0 Å². The van der Waals surface area contributed by atoms with Gasteiger partial charge in [-0.15, -0.1) is 0 Å². The lowest BCUT2D eigenvalue weighted by Gasteiger charge is -2.33. The van der Waals surface area contributed by atoms with Crippen LogP contribution in [0.25, 0.3) is 0 Å². The van der Waals surface area contributed by atoms with Crippen LogP contribution in [0.4, 0.5) is 5.69 Å². The van der Waals surface area contributed by atoms with E-state index in [1.165, 1.54) is 23.1 Å². The normalized spacial score (nSPS) is 12.6. The Balaban J connectivity index is 2.44. The molecule has 192 valence electrons. The molecule has 0 aliphatic heterocycles. The van der Waals surface area contributed by atoms with Crippen LogP contribution in [-0.2, 0) is 26.2 Å². The smallest absolute Gasteiger partial charge is 0.244 e. The van der Waals surface area contributed by atoms with Gasteiger partial charge in [-0.2, -0.15) is 0 Å². The van der Waals surface area contributed by atoms with Crippen molar-refractivity contribution in [2.75, 3.05) is 24.2 Å². The Bertz CT molecular complexity index is 1160. The fraction of sp³-hybridized carbons (Fsp3) is 0.417. The first-order chi connectivity index (χ1) is 16.1. The number of carbonyl (C=O) groups is 2. The molecule has 11 heteroatoms. The third kappa shape index (κ3) is 8.30. The van der Waals surface area contributed by atoms with Crippen molar-refractivity contribution >= 4 is 50.7 Å². The van der Waals surface area contributed by atoms with Crippen molar-refractivity contribution in [3.8, 4) is 5.75 Å². The van der Waals surface area contributed by atoms with Crippen LogP contribution in [-0.4, -0.2) is 56.6 Å². The van der Waals surface area contributed by atoms with E-state index in [2.05, 4.69) is 5.32 Å². The van der Waals surface area contributed by atoms with Crippen molar-refractivity contribution in [3.63, 3.8) is 0 Å². The van der Waals surface area contributed by atoms with Gasteiger partial charge in [0.25, 0.3) is 0 Å². The van der Waals surface area contributed by atoms with E-state index in [9.17, 15) is 18.0 Å². The second kappa shape index (κ2) is 11.5. The molecule has 0 aliphatic rings. The van der Waals surface area contributed by atoms with Crippen LogP contribution in [0.5, 0.6) is 5.75 Å². The van der Waals surface area contributed by atoms with Gasteiger partial charge in [0.1, 0.15) is 18.3 Å². The van der Waals surface area contributed by atoms with Gasteiger partial charge in [0.2, 0.25) is 21.8 Å². The van der Waals surface area contributed by atoms with Crippen molar-refractivity contribution in [2.45, 2.75) is 45.8 Å². The molecular formula is C24H31Cl2N3O5S. The van der Waals surface area contributed by atoms with Gasteiger partial charge in [-0.05, 0) is 63.6 Å². The third-order valence-corrected chi connectivity index (χ3v) is 6.71. The molecule has 2 aromatic rings. The Morgan fingerprint density at radius 2 is 1.69 bits per heavy atom. The Morgan fingerprint density at radius 1 is 1.09 bits per heavy atom. The van der Waals surface area contributed by atoms with Crippen molar-refractivity contribution in [1.82, 2.24) is 10.2 Å². The first-order valence-electron chi connectivity index (χ1n) is 10.8. The fourth-order valence-corrected chi connectivity index (χ4v) is 4.55. The summed E-state index contributed by atoms with van der Waals surface area (Å²) in [5.41, 5.74) is 0.292. The first-order valence-corrected chi connectivity index (χ1v) is 13.4. The maximum atomic E-state index is 13.5. The van der Waals surface area contributed by atoms with Gasteiger partial charge < -0.3 is 15.0 Å². The lowest BCUT2D eigenvalue weighted by Crippen LogP contribution is -2.54. The molecule has 1 atom stereocenters. The van der Waals surface area contributed by atoms with E-state index in [-0.39, 0.29) is 28.2 Å². The van der Waals surface area contributed by atoms with E-state index >= 15 is 0 Å². The van der Waals surface area contributed by atoms with Crippen LogP contribution >= 0.6 is 23.2 Å². The van der Waals surface area contributed by atoms with Gasteiger partial charge in [0, 0.05) is 17.1 Å². The molecule has 0 aliphatic carbocycles. The molecule has 0 spiro atoms. The predicted molar refractivity (Wildman–Crippen MR) is 140 cm³/mol. The summed E-state index contributed by atoms with van der Waals surface area (Å²) >= 11 is 12.3. The zero-order chi connectivity index (χ0) is 26.6. The molecular weight excluding hydrogens is 513 g/mol. The molecule has 35 heavy (non-hydrogen) atoms. The zero-order valence-electron chi connectivity index (χ0n) is 20.6. The van der Waals surface area contributed by atoms with Gasteiger partial charge in [0.05, 0.1) is 24.1 Å². The summed E-state index contributed by atoms with van der Waals surface area (Å²) in [5, 5.41) is 3.25. The van der Waals surface area contributed by atoms with Crippen LogP contribution in [0.3, 0.4) is 0 Å². The number of amides is 2. The monoisotopic (exact) mass is 543 g/mol. The van der Waals surface area contributed by atoms with Crippen molar-refractivity contribution < 1.29 is 22.7 Å². The number of nitrogens with one attached hydrogen (secondary N) is 1. The standard InChI is InChI=1S/C24H31Cl2N3O5S/c1-16(23(31)27-24(2,3)4)28(14-17-7-10-19(34-5)11-8-17)22(30)15-29(35(6,32)33)21-13-18(25)9-12-20(21)26/h7-13,16H,14-15H2,1-6H3,(H,27,31)/t16-/m1/s1. The lowest BCUT2D eigenvalue weighted by molar-refractivity contribution is -0.140. The molecule has 0 fully saturated rings. The summed E-state index contributed by atoms with van der Waals surface area (Å²) in [6.07, 6.45) is 0.973. The Hall–Kier alpha value is -2.49. The van der Waals surface area contributed by atoms with Gasteiger partial charge in [0.15, 0.2) is 0 Å². The topological polar surface area (TPSA) is 96.0 Å². The SMILES string of the molecule is COc1ccc(CN(C(=O)CN(c2cc(Cl)ccc2Cl)S(C)(=O)=O)[C@H](C)C(=O)NC(C)(C)C)cc1. The maximum absolute atomic E-state index is 13.5. The van der Waals surface area contributed by atoms with Crippen LogP contribution in [0.1, 0.15) is 33.3 Å². The van der Waals surface area contributed by atoms with Crippen LogP contribution in [0, 0.1) is 0 Å². The van der Waals surface area contributed by atoms with Crippen LogP contribution in [0.2, 0.25) is 10.0 Å². The number of methoxy groups -OCH3 is 1. The summed E-state index contributed by atoms with van der Waals surface area (Å²) in [7, 11) is -2.37. The molecule has 1 N–H and O–H groups in total. The molecule has 8 nitrogen and oxygen atoms in total. The predicted octanol–water partition coefficient (Wildman–Crippen LogP) is 4.10. The molecule has 0 aromatic heterocycles. The van der Waals surface area contributed by atoms with Crippen molar-refractivity contribution in [2.24, 2.45) is 0 Å². The highest BCUT2D eigenvalue weighted by Crippen LogP contribution is 2.31. The molecule has 0 saturated carbocycles.